The van der Waals surface area contributed by atoms with Gasteiger partial charge >= 0.3 is 0 Å². The lowest BCUT2D eigenvalue weighted by atomic mass is 10.1. The monoisotopic (exact) mass is 480 g/mol. The fourth-order valence-electron chi connectivity index (χ4n) is 3.69. The first kappa shape index (κ1) is 23.7. The summed E-state index contributed by atoms with van der Waals surface area (Å²) < 4.78 is 7.83. The molecule has 4 rings (SSSR count). The Morgan fingerprint density at radius 2 is 2.06 bits per heavy atom. The van der Waals surface area contributed by atoms with Gasteiger partial charge in [0.1, 0.15) is 23.1 Å². The van der Waals surface area contributed by atoms with E-state index in [1.807, 2.05) is 32.0 Å². The normalized spacial score (nSPS) is 12.7. The molecule has 0 radical (unpaired) electrons. The van der Waals surface area contributed by atoms with Gasteiger partial charge in [-0.25, -0.2) is 0 Å². The number of ether oxygens (including phenoxy) is 1. The highest BCUT2D eigenvalue weighted by Gasteiger charge is 2.26. The molecule has 0 aliphatic rings. The van der Waals surface area contributed by atoms with Crippen molar-refractivity contribution in [1.82, 2.24) is 19.9 Å². The Morgan fingerprint density at radius 3 is 2.68 bits per heavy atom. The number of fused-ring (bicyclic) bond motifs is 1. The summed E-state index contributed by atoms with van der Waals surface area (Å²) in [5, 5.41) is 13.9. The average Bonchev–Trinajstić information content (AvgIpc) is 3.41. The molecule has 0 aliphatic carbocycles. The van der Waals surface area contributed by atoms with Gasteiger partial charge in [-0.2, -0.15) is 0 Å². The van der Waals surface area contributed by atoms with Crippen molar-refractivity contribution in [3.8, 4) is 16.2 Å². The predicted octanol–water partition coefficient (Wildman–Crippen LogP) is 4.03. The Labute approximate surface area is 201 Å². The number of aliphatic hydroxyl groups is 1. The Bertz CT molecular complexity index is 1420. The second kappa shape index (κ2) is 8.73. The number of aryl methyl sites for hydroxylation is 2. The molecule has 4 aromatic rings. The van der Waals surface area contributed by atoms with Crippen molar-refractivity contribution in [2.75, 3.05) is 7.05 Å². The van der Waals surface area contributed by atoms with Gasteiger partial charge in [0.25, 0.3) is 11.5 Å². The average molecular weight is 481 g/mol. The van der Waals surface area contributed by atoms with Crippen LogP contribution in [0.3, 0.4) is 0 Å². The lowest BCUT2D eigenvalue weighted by Crippen LogP contribution is -2.19. The summed E-state index contributed by atoms with van der Waals surface area (Å²) in [5.41, 5.74) is 1.86. The summed E-state index contributed by atoms with van der Waals surface area (Å²) in [4.78, 5) is 33.9. The lowest BCUT2D eigenvalue weighted by Gasteiger charge is -2.16. The minimum absolute atomic E-state index is 0.243. The SMILES string of the molecule is CNC(=O)c1cc2c(-c3sc(C(C)(C)O)cc3OC(C)c3ccc(C)cn3)cn(C)c(=O)c2[nH]1. The van der Waals surface area contributed by atoms with E-state index in [1.54, 1.807) is 39.4 Å². The quantitative estimate of drug-likeness (QED) is 0.386. The van der Waals surface area contributed by atoms with Gasteiger partial charge in [0, 0.05) is 42.3 Å². The number of amides is 1. The molecule has 0 fully saturated rings. The number of pyridine rings is 2. The maximum absolute atomic E-state index is 12.8. The zero-order valence-corrected chi connectivity index (χ0v) is 20.8. The highest BCUT2D eigenvalue weighted by atomic mass is 32.1. The van der Waals surface area contributed by atoms with Gasteiger partial charge in [-0.1, -0.05) is 6.07 Å². The first-order valence-electron chi connectivity index (χ1n) is 10.9. The van der Waals surface area contributed by atoms with E-state index in [1.165, 1.54) is 23.0 Å². The van der Waals surface area contributed by atoms with Crippen LogP contribution >= 0.6 is 11.3 Å². The molecule has 1 amide bonds. The third-order valence-electron chi connectivity index (χ3n) is 5.64. The Morgan fingerprint density at radius 1 is 1.32 bits per heavy atom. The van der Waals surface area contributed by atoms with Crippen molar-refractivity contribution in [3.05, 3.63) is 68.8 Å². The number of rotatable bonds is 6. The maximum atomic E-state index is 12.8. The van der Waals surface area contributed by atoms with Crippen LogP contribution in [0.5, 0.6) is 5.75 Å². The summed E-state index contributed by atoms with van der Waals surface area (Å²) in [5.74, 6) is 0.253. The standard InChI is InChI=1S/C25H28N4O4S/c1-13-7-8-17(27-11-13)14(2)33-19-10-20(25(3,4)32)34-22(19)16-12-29(6)24(31)21-15(16)9-18(28-21)23(30)26-5/h7-12,14,28,32H,1-6H3,(H,26,30). The third-order valence-corrected chi connectivity index (χ3v) is 7.10. The van der Waals surface area contributed by atoms with E-state index in [4.69, 9.17) is 4.74 Å². The molecule has 1 unspecified atom stereocenters. The smallest absolute Gasteiger partial charge is 0.274 e. The van der Waals surface area contributed by atoms with Crippen LogP contribution in [-0.4, -0.2) is 32.6 Å². The van der Waals surface area contributed by atoms with E-state index in [9.17, 15) is 14.7 Å². The maximum Gasteiger partial charge on any atom is 0.274 e. The molecule has 0 spiro atoms. The molecule has 4 aromatic heterocycles. The van der Waals surface area contributed by atoms with Crippen molar-refractivity contribution in [2.45, 2.75) is 39.4 Å². The third kappa shape index (κ3) is 4.36. The molecule has 34 heavy (non-hydrogen) atoms. The van der Waals surface area contributed by atoms with E-state index >= 15 is 0 Å². The van der Waals surface area contributed by atoms with E-state index in [2.05, 4.69) is 15.3 Å². The number of hydrogen-bond donors (Lipinski definition) is 3. The number of aromatic amines is 1. The van der Waals surface area contributed by atoms with E-state index in [-0.39, 0.29) is 17.6 Å². The summed E-state index contributed by atoms with van der Waals surface area (Å²) in [6.07, 6.45) is 3.18. The molecule has 0 bridgehead atoms. The molecule has 9 heteroatoms. The van der Waals surface area contributed by atoms with Crippen LogP contribution in [0, 0.1) is 6.92 Å². The van der Waals surface area contributed by atoms with Crippen molar-refractivity contribution >= 4 is 28.1 Å². The number of nitrogens with one attached hydrogen (secondary N) is 2. The zero-order chi connectivity index (χ0) is 24.8. The van der Waals surface area contributed by atoms with Gasteiger partial charge in [0.2, 0.25) is 0 Å². The van der Waals surface area contributed by atoms with Crippen molar-refractivity contribution in [2.24, 2.45) is 7.05 Å². The molecule has 0 aliphatic heterocycles. The molecule has 0 saturated carbocycles. The molecule has 178 valence electrons. The molecule has 4 heterocycles. The number of H-pyrrole nitrogens is 1. The van der Waals surface area contributed by atoms with Crippen LogP contribution in [0.1, 0.15) is 53.5 Å². The van der Waals surface area contributed by atoms with E-state index in [0.29, 0.717) is 27.2 Å². The number of carbonyl (C=O) groups excluding carboxylic acids is 1. The van der Waals surface area contributed by atoms with E-state index in [0.717, 1.165) is 21.7 Å². The lowest BCUT2D eigenvalue weighted by molar-refractivity contribution is 0.0821. The van der Waals surface area contributed by atoms with Gasteiger partial charge in [-0.15, -0.1) is 11.3 Å². The van der Waals surface area contributed by atoms with Crippen LogP contribution in [0.15, 0.2) is 41.5 Å². The van der Waals surface area contributed by atoms with Gasteiger partial charge in [0.05, 0.1) is 16.2 Å². The first-order chi connectivity index (χ1) is 16.0. The molecular formula is C25H28N4O4S. The van der Waals surface area contributed by atoms with Crippen LogP contribution in [0.2, 0.25) is 0 Å². The van der Waals surface area contributed by atoms with Gasteiger partial charge in [-0.3, -0.25) is 14.6 Å². The summed E-state index contributed by atoms with van der Waals surface area (Å²) >= 11 is 1.39. The van der Waals surface area contributed by atoms with Gasteiger partial charge in [-0.05, 0) is 51.5 Å². The van der Waals surface area contributed by atoms with Crippen LogP contribution in [0.25, 0.3) is 21.3 Å². The van der Waals surface area contributed by atoms with Crippen molar-refractivity contribution < 1.29 is 14.6 Å². The van der Waals surface area contributed by atoms with Gasteiger partial charge in [0.15, 0.2) is 0 Å². The number of aromatic nitrogens is 3. The number of carbonyl (C=O) groups is 1. The van der Waals surface area contributed by atoms with Gasteiger partial charge < -0.3 is 24.7 Å². The Kier molecular flexibility index (Phi) is 6.09. The summed E-state index contributed by atoms with van der Waals surface area (Å²) in [7, 11) is 3.20. The van der Waals surface area contributed by atoms with E-state index < -0.39 is 5.60 Å². The number of thiophene rings is 1. The fraction of sp³-hybridized carbons (Fsp3) is 0.320. The molecule has 8 nitrogen and oxygen atoms in total. The minimum Gasteiger partial charge on any atom is -0.483 e. The highest BCUT2D eigenvalue weighted by molar-refractivity contribution is 7.16. The number of nitrogens with zero attached hydrogens (tertiary/aromatic N) is 2. The molecule has 0 aromatic carbocycles. The fourth-order valence-corrected chi connectivity index (χ4v) is 4.81. The molecule has 1 atom stereocenters. The second-order valence-corrected chi connectivity index (χ2v) is 9.95. The summed E-state index contributed by atoms with van der Waals surface area (Å²) in [6, 6.07) is 7.40. The topological polar surface area (TPSA) is 109 Å². The molecule has 0 saturated heterocycles. The summed E-state index contributed by atoms with van der Waals surface area (Å²) in [6.45, 7) is 7.32. The molecular weight excluding hydrogens is 452 g/mol. The Hall–Kier alpha value is -3.43. The zero-order valence-electron chi connectivity index (χ0n) is 20.0. The highest BCUT2D eigenvalue weighted by Crippen LogP contribution is 2.45. The minimum atomic E-state index is -1.09. The van der Waals surface area contributed by atoms with Crippen molar-refractivity contribution in [3.63, 3.8) is 0 Å². The van der Waals surface area contributed by atoms with Crippen molar-refractivity contribution in [1.29, 1.82) is 0 Å². The van der Waals surface area contributed by atoms with Crippen LogP contribution in [-0.2, 0) is 12.6 Å². The molecule has 3 N–H and O–H groups in total. The predicted molar refractivity (Wildman–Crippen MR) is 134 cm³/mol. The largest absolute Gasteiger partial charge is 0.483 e. The Balaban J connectivity index is 1.90. The second-order valence-electron chi connectivity index (χ2n) is 8.89. The van der Waals surface area contributed by atoms with Crippen LogP contribution in [0.4, 0.5) is 0 Å². The number of hydrogen-bond acceptors (Lipinski definition) is 6. The van der Waals surface area contributed by atoms with Crippen LogP contribution < -0.4 is 15.6 Å². The first-order valence-corrected chi connectivity index (χ1v) is 11.7.